The maximum absolute atomic E-state index is 12.8. The number of carbonyl (C=O) groups is 3. The summed E-state index contributed by atoms with van der Waals surface area (Å²) < 4.78 is 22.5. The van der Waals surface area contributed by atoms with E-state index in [9.17, 15) is 45.0 Å². The fourth-order valence-electron chi connectivity index (χ4n) is 6.09. The van der Waals surface area contributed by atoms with Gasteiger partial charge in [-0.15, -0.1) is 0 Å². The van der Waals surface area contributed by atoms with Crippen LogP contribution in [0.4, 0.5) is 0 Å². The van der Waals surface area contributed by atoms with Crippen LogP contribution >= 0.6 is 0 Å². The van der Waals surface area contributed by atoms with Crippen LogP contribution in [0.15, 0.2) is 0 Å². The molecule has 0 saturated carbocycles. The Labute approximate surface area is 296 Å². The number of hydrogen-bond acceptors (Lipinski definition) is 13. The number of unbranched alkanes of at least 4 members (excludes halogenated alkanes) is 5. The lowest BCUT2D eigenvalue weighted by Gasteiger charge is -2.40. The predicted octanol–water partition coefficient (Wildman–Crippen LogP) is 0.287. The quantitative estimate of drug-likeness (QED) is 0.0628. The summed E-state index contributed by atoms with van der Waals surface area (Å²) in [6, 6.07) is -0.584. The first-order valence-corrected chi connectivity index (χ1v) is 18.4. The lowest BCUT2D eigenvalue weighted by Crippen LogP contribution is -2.55. The maximum Gasteiger partial charge on any atom is 0.220 e. The lowest BCUT2D eigenvalue weighted by molar-refractivity contribution is -0.282. The molecule has 2 fully saturated rings. The molecule has 50 heavy (non-hydrogen) atoms. The van der Waals surface area contributed by atoms with E-state index in [4.69, 9.17) is 18.9 Å². The summed E-state index contributed by atoms with van der Waals surface area (Å²) >= 11 is 0. The monoisotopic (exact) mass is 720 g/mol. The summed E-state index contributed by atoms with van der Waals surface area (Å²) in [5.41, 5.74) is 0. The molecule has 0 radical (unpaired) electrons. The van der Waals surface area contributed by atoms with Crippen molar-refractivity contribution < 1.29 is 64.0 Å². The van der Waals surface area contributed by atoms with E-state index in [1.54, 1.807) is 27.7 Å². The summed E-state index contributed by atoms with van der Waals surface area (Å²) in [5.74, 6) is -1.41. The molecule has 0 aliphatic carbocycles. The Morgan fingerprint density at radius 3 is 1.60 bits per heavy atom. The first kappa shape index (κ1) is 44.4. The predicted molar refractivity (Wildman–Crippen MR) is 181 cm³/mol. The van der Waals surface area contributed by atoms with Gasteiger partial charge < -0.3 is 60.2 Å². The Balaban J connectivity index is 1.55. The normalized spacial score (nSPS) is 30.6. The number of aliphatic hydroxyl groups is 6. The molecule has 2 aliphatic heterocycles. The van der Waals surface area contributed by atoms with Crippen LogP contribution in [0, 0.1) is 17.8 Å². The van der Waals surface area contributed by atoms with Gasteiger partial charge >= 0.3 is 0 Å². The first-order valence-electron chi connectivity index (χ1n) is 18.4. The van der Waals surface area contributed by atoms with Crippen LogP contribution in [0.25, 0.3) is 0 Å². The van der Waals surface area contributed by atoms with Crippen LogP contribution in [0.3, 0.4) is 0 Å². The molecule has 2 heterocycles. The number of hydrogen-bond donors (Lipinski definition) is 8. The smallest absolute Gasteiger partial charge is 0.220 e. The van der Waals surface area contributed by atoms with E-state index in [0.29, 0.717) is 77.5 Å². The lowest BCUT2D eigenvalue weighted by atomic mass is 9.92. The third-order valence-corrected chi connectivity index (χ3v) is 9.53. The fraction of sp³-hybridized carbons (Fsp3) is 0.914. The van der Waals surface area contributed by atoms with Crippen LogP contribution in [-0.2, 0) is 33.3 Å². The van der Waals surface area contributed by atoms with Crippen LogP contribution < -0.4 is 10.6 Å². The van der Waals surface area contributed by atoms with E-state index >= 15 is 0 Å². The molecule has 2 aliphatic rings. The van der Waals surface area contributed by atoms with Crippen molar-refractivity contribution in [3.8, 4) is 0 Å². The molecule has 0 aromatic carbocycles. The molecule has 11 unspecified atom stereocenters. The van der Waals surface area contributed by atoms with Crippen LogP contribution in [-0.4, -0.2) is 136 Å². The van der Waals surface area contributed by atoms with Crippen LogP contribution in [0.2, 0.25) is 0 Å². The van der Waals surface area contributed by atoms with Gasteiger partial charge in [0.1, 0.15) is 24.4 Å². The zero-order valence-corrected chi connectivity index (χ0v) is 30.3. The molecule has 11 atom stereocenters. The van der Waals surface area contributed by atoms with Crippen molar-refractivity contribution in [1.29, 1.82) is 0 Å². The van der Waals surface area contributed by atoms with E-state index in [-0.39, 0.29) is 29.9 Å². The SMILES string of the molecule is CC(C)C(=O)C(CCCCNC(=O)CCCCCOC1OC(CO)C(O)C(O)C1C)NC(=O)CCCCCOC1OC(CO)C(O)C(O)C1C. The third kappa shape index (κ3) is 14.7. The fourth-order valence-corrected chi connectivity index (χ4v) is 6.09. The summed E-state index contributed by atoms with van der Waals surface area (Å²) in [6.45, 7) is 7.36. The Morgan fingerprint density at radius 2 is 1.14 bits per heavy atom. The van der Waals surface area contributed by atoms with Crippen molar-refractivity contribution in [1.82, 2.24) is 10.6 Å². The molecule has 292 valence electrons. The highest BCUT2D eigenvalue weighted by Crippen LogP contribution is 2.28. The molecule has 0 aromatic rings. The maximum atomic E-state index is 12.8. The highest BCUT2D eigenvalue weighted by molar-refractivity contribution is 5.90. The standard InChI is InChI=1S/C35H64N2O13/c1-21(2)29(42)24(37-28(41)15-8-6-12-18-48-35-23(4)31(44)33(46)26(20-39)50-35)13-9-10-16-36-27(40)14-7-5-11-17-47-34-22(3)30(43)32(45)25(19-38)49-34/h21-26,30-35,38-39,43-46H,5-20H2,1-4H3,(H,36,40)(H,37,41). The zero-order chi connectivity index (χ0) is 37.2. The Kier molecular flexibility index (Phi) is 21.0. The average Bonchev–Trinajstić information content (AvgIpc) is 3.09. The molecule has 8 N–H and O–H groups in total. The van der Waals surface area contributed by atoms with E-state index < -0.39 is 80.3 Å². The number of aliphatic hydroxyl groups excluding tert-OH is 6. The van der Waals surface area contributed by atoms with Gasteiger partial charge in [-0.2, -0.15) is 0 Å². The molecule has 0 aromatic heterocycles. The van der Waals surface area contributed by atoms with Gasteiger partial charge in [0.2, 0.25) is 11.8 Å². The second kappa shape index (κ2) is 23.7. The van der Waals surface area contributed by atoms with Crippen molar-refractivity contribution in [3.63, 3.8) is 0 Å². The molecule has 15 heteroatoms. The highest BCUT2D eigenvalue weighted by atomic mass is 16.7. The van der Waals surface area contributed by atoms with Crippen molar-refractivity contribution in [3.05, 3.63) is 0 Å². The molecule has 15 nitrogen and oxygen atoms in total. The van der Waals surface area contributed by atoms with Crippen LogP contribution in [0.5, 0.6) is 0 Å². The second-order valence-electron chi connectivity index (χ2n) is 14.0. The Bertz CT molecular complexity index is 984. The van der Waals surface area contributed by atoms with Gasteiger partial charge in [-0.3, -0.25) is 14.4 Å². The molecule has 2 amide bonds. The van der Waals surface area contributed by atoms with Gasteiger partial charge in [-0.25, -0.2) is 0 Å². The zero-order valence-electron chi connectivity index (χ0n) is 30.3. The van der Waals surface area contributed by atoms with Crippen molar-refractivity contribution >= 4 is 17.6 Å². The number of ether oxygens (including phenoxy) is 4. The third-order valence-electron chi connectivity index (χ3n) is 9.53. The summed E-state index contributed by atoms with van der Waals surface area (Å²) in [4.78, 5) is 37.7. The minimum absolute atomic E-state index is 0.0265. The number of Topliss-reactive ketones (excluding diaryl/α,β-unsaturated/α-hetero) is 1. The van der Waals surface area contributed by atoms with E-state index in [0.717, 1.165) is 6.42 Å². The summed E-state index contributed by atoms with van der Waals surface area (Å²) in [5, 5.41) is 64.6. The molecular formula is C35H64N2O13. The molecule has 0 bridgehead atoms. The van der Waals surface area contributed by atoms with Gasteiger partial charge in [-0.1, -0.05) is 40.5 Å². The Morgan fingerprint density at radius 1 is 0.660 bits per heavy atom. The van der Waals surface area contributed by atoms with Crippen molar-refractivity contribution in [2.75, 3.05) is 33.0 Å². The van der Waals surface area contributed by atoms with Gasteiger partial charge in [0.15, 0.2) is 18.4 Å². The molecule has 0 spiro atoms. The Hall–Kier alpha value is -1.79. The van der Waals surface area contributed by atoms with Crippen LogP contribution in [0.1, 0.15) is 98.3 Å². The minimum Gasteiger partial charge on any atom is -0.394 e. The first-order chi connectivity index (χ1) is 23.8. The largest absolute Gasteiger partial charge is 0.394 e. The molecular weight excluding hydrogens is 656 g/mol. The van der Waals surface area contributed by atoms with E-state index in [1.807, 2.05) is 0 Å². The second-order valence-corrected chi connectivity index (χ2v) is 14.0. The number of rotatable bonds is 24. The van der Waals surface area contributed by atoms with E-state index in [1.165, 1.54) is 0 Å². The summed E-state index contributed by atoms with van der Waals surface area (Å²) in [6.07, 6.45) is -1.18. The highest BCUT2D eigenvalue weighted by Gasteiger charge is 2.43. The topological polar surface area (TPSA) is 234 Å². The van der Waals surface area contributed by atoms with Gasteiger partial charge in [0, 0.05) is 50.4 Å². The number of ketones is 1. The number of amides is 2. The molecule has 2 saturated heterocycles. The summed E-state index contributed by atoms with van der Waals surface area (Å²) in [7, 11) is 0. The van der Waals surface area contributed by atoms with Crippen molar-refractivity contribution in [2.24, 2.45) is 17.8 Å². The van der Waals surface area contributed by atoms with Gasteiger partial charge in [0.05, 0.1) is 31.5 Å². The number of nitrogens with one attached hydrogen (secondary N) is 2. The van der Waals surface area contributed by atoms with Crippen molar-refractivity contribution in [2.45, 2.75) is 154 Å². The number of carbonyl (C=O) groups excluding carboxylic acids is 3. The average molecular weight is 721 g/mol. The molecule has 2 rings (SSSR count). The van der Waals surface area contributed by atoms with Gasteiger partial charge in [0.25, 0.3) is 0 Å². The minimum atomic E-state index is -1.17. The van der Waals surface area contributed by atoms with Gasteiger partial charge in [-0.05, 0) is 44.9 Å². The van der Waals surface area contributed by atoms with E-state index in [2.05, 4.69) is 10.6 Å².